The largest absolute Gasteiger partial charge is 0.379 e. The Bertz CT molecular complexity index is 1150. The number of benzene rings is 2. The van der Waals surface area contributed by atoms with Crippen LogP contribution in [0.4, 0.5) is 23.0 Å². The van der Waals surface area contributed by atoms with Gasteiger partial charge in [0.25, 0.3) is 0 Å². The molecule has 0 aliphatic carbocycles. The highest BCUT2D eigenvalue weighted by atomic mass is 16.5. The van der Waals surface area contributed by atoms with Gasteiger partial charge in [-0.3, -0.25) is 0 Å². The number of morpholine rings is 2. The van der Waals surface area contributed by atoms with Crippen molar-refractivity contribution < 1.29 is 9.47 Å². The summed E-state index contributed by atoms with van der Waals surface area (Å²) in [6.07, 6.45) is 1.72. The number of ether oxygens (including phenoxy) is 2. The maximum atomic E-state index is 9.70. The number of nitriles is 1. The van der Waals surface area contributed by atoms with E-state index < -0.39 is 0 Å². The van der Waals surface area contributed by atoms with Crippen LogP contribution in [0.15, 0.2) is 54.7 Å². The number of rotatable bonds is 6. The van der Waals surface area contributed by atoms with Crippen LogP contribution in [0.5, 0.6) is 0 Å². The van der Waals surface area contributed by atoms with Crippen molar-refractivity contribution in [3.05, 3.63) is 60.3 Å². The van der Waals surface area contributed by atoms with Crippen molar-refractivity contribution in [2.75, 3.05) is 68.2 Å². The maximum absolute atomic E-state index is 9.70. The van der Waals surface area contributed by atoms with Gasteiger partial charge in [0.05, 0.1) is 43.4 Å². The van der Waals surface area contributed by atoms with Gasteiger partial charge >= 0.3 is 0 Å². The number of hydrogen-bond donors (Lipinski definition) is 2. The van der Waals surface area contributed by atoms with Gasteiger partial charge in [0, 0.05) is 49.3 Å². The molecule has 34 heavy (non-hydrogen) atoms. The topological polar surface area (TPSA) is 98.6 Å². The second-order valence-corrected chi connectivity index (χ2v) is 8.12. The summed E-state index contributed by atoms with van der Waals surface area (Å²) in [4.78, 5) is 11.3. The molecule has 3 aromatic rings. The van der Waals surface area contributed by atoms with Crippen molar-refractivity contribution in [1.29, 1.82) is 5.26 Å². The normalized spacial score (nSPS) is 16.6. The van der Waals surface area contributed by atoms with Crippen LogP contribution in [-0.2, 0) is 9.47 Å². The summed E-state index contributed by atoms with van der Waals surface area (Å²) in [6.45, 7) is 6.25. The Morgan fingerprint density at radius 3 is 2.35 bits per heavy atom. The maximum Gasteiger partial charge on any atom is 0.227 e. The molecule has 0 unspecified atom stereocenters. The number of nitrogens with zero attached hydrogens (tertiary/aromatic N) is 5. The van der Waals surface area contributed by atoms with Crippen molar-refractivity contribution >= 4 is 23.0 Å². The summed E-state index contributed by atoms with van der Waals surface area (Å²) >= 11 is 0. The van der Waals surface area contributed by atoms with Gasteiger partial charge in [-0.25, -0.2) is 15.0 Å². The molecule has 9 heteroatoms. The highest BCUT2D eigenvalue weighted by Gasteiger charge is 2.14. The van der Waals surface area contributed by atoms with E-state index in [1.165, 1.54) is 5.69 Å². The number of aromatic nitrogens is 2. The molecule has 174 valence electrons. The van der Waals surface area contributed by atoms with Crippen LogP contribution in [0.3, 0.4) is 0 Å². The standard InChI is InChI=1S/C25H27N7O2/c26-18-20-17-19(1-6-24(20)30-32-11-15-34-16-12-32)23-7-8-27-25(29-23)28-21-2-4-22(5-3-21)31-9-13-33-14-10-31/h1-8,17,30H,9-16H2,(H,27,28,29). The molecule has 2 aliphatic rings. The smallest absolute Gasteiger partial charge is 0.227 e. The van der Waals surface area contributed by atoms with E-state index in [9.17, 15) is 5.26 Å². The average molecular weight is 458 g/mol. The van der Waals surface area contributed by atoms with Gasteiger partial charge < -0.3 is 25.1 Å². The predicted octanol–water partition coefficient (Wildman–Crippen LogP) is 3.25. The highest BCUT2D eigenvalue weighted by molar-refractivity contribution is 5.69. The molecule has 1 aromatic heterocycles. The summed E-state index contributed by atoms with van der Waals surface area (Å²) < 4.78 is 10.8. The van der Waals surface area contributed by atoms with Crippen LogP contribution in [0.1, 0.15) is 5.56 Å². The number of anilines is 4. The van der Waals surface area contributed by atoms with Crippen molar-refractivity contribution in [2.45, 2.75) is 0 Å². The van der Waals surface area contributed by atoms with Gasteiger partial charge in [-0.1, -0.05) is 6.07 Å². The Balaban J connectivity index is 1.29. The highest BCUT2D eigenvalue weighted by Crippen LogP contribution is 2.26. The molecule has 2 aliphatic heterocycles. The van der Waals surface area contributed by atoms with Gasteiger partial charge in [0.1, 0.15) is 6.07 Å². The monoisotopic (exact) mass is 457 g/mol. The second kappa shape index (κ2) is 10.5. The van der Waals surface area contributed by atoms with Crippen LogP contribution in [0.25, 0.3) is 11.3 Å². The molecular formula is C25H27N7O2. The lowest BCUT2D eigenvalue weighted by molar-refractivity contribution is 0.0497. The molecule has 0 amide bonds. The molecule has 0 saturated carbocycles. The van der Waals surface area contributed by atoms with Gasteiger partial charge in [-0.2, -0.15) is 5.26 Å². The van der Waals surface area contributed by atoms with Crippen LogP contribution in [0.2, 0.25) is 0 Å². The summed E-state index contributed by atoms with van der Waals surface area (Å²) in [5.74, 6) is 0.505. The first-order valence-electron chi connectivity index (χ1n) is 11.5. The third kappa shape index (κ3) is 5.26. The van der Waals surface area contributed by atoms with Gasteiger partial charge in [-0.05, 0) is 42.5 Å². The van der Waals surface area contributed by atoms with E-state index >= 15 is 0 Å². The molecular weight excluding hydrogens is 430 g/mol. The molecule has 0 spiro atoms. The first-order valence-corrected chi connectivity index (χ1v) is 11.5. The molecule has 9 nitrogen and oxygen atoms in total. The van der Waals surface area contributed by atoms with E-state index in [1.807, 2.05) is 36.4 Å². The Morgan fingerprint density at radius 2 is 1.62 bits per heavy atom. The van der Waals surface area contributed by atoms with Crippen LogP contribution < -0.4 is 15.6 Å². The molecule has 2 N–H and O–H groups in total. The lowest BCUT2D eigenvalue weighted by Crippen LogP contribution is -2.40. The quantitative estimate of drug-likeness (QED) is 0.578. The molecule has 2 fully saturated rings. The lowest BCUT2D eigenvalue weighted by atomic mass is 10.1. The predicted molar refractivity (Wildman–Crippen MR) is 131 cm³/mol. The van der Waals surface area contributed by atoms with Gasteiger partial charge in [0.15, 0.2) is 0 Å². The van der Waals surface area contributed by atoms with Crippen molar-refractivity contribution in [3.63, 3.8) is 0 Å². The third-order valence-corrected chi connectivity index (χ3v) is 5.88. The second-order valence-electron chi connectivity index (χ2n) is 8.12. The Hall–Kier alpha value is -3.71. The van der Waals surface area contributed by atoms with Crippen LogP contribution in [-0.4, -0.2) is 67.6 Å². The van der Waals surface area contributed by atoms with E-state index in [4.69, 9.17) is 9.47 Å². The number of hydrogen-bond acceptors (Lipinski definition) is 9. The molecule has 2 saturated heterocycles. The molecule has 2 aromatic carbocycles. The molecule has 0 atom stereocenters. The van der Waals surface area contributed by atoms with Gasteiger partial charge in [0.2, 0.25) is 5.95 Å². The molecule has 3 heterocycles. The zero-order chi connectivity index (χ0) is 23.2. The number of hydrazine groups is 1. The van der Waals surface area contributed by atoms with E-state index in [2.05, 4.69) is 48.8 Å². The van der Waals surface area contributed by atoms with Crippen molar-refractivity contribution in [2.24, 2.45) is 0 Å². The Kier molecular flexibility index (Phi) is 6.81. The molecule has 5 rings (SSSR count). The van der Waals surface area contributed by atoms with E-state index in [-0.39, 0.29) is 0 Å². The fraction of sp³-hybridized carbons (Fsp3) is 0.320. The molecule has 0 bridgehead atoms. The Morgan fingerprint density at radius 1 is 0.882 bits per heavy atom. The zero-order valence-electron chi connectivity index (χ0n) is 18.9. The van der Waals surface area contributed by atoms with Gasteiger partial charge in [-0.15, -0.1) is 0 Å². The van der Waals surface area contributed by atoms with Crippen LogP contribution >= 0.6 is 0 Å². The minimum atomic E-state index is 0.505. The summed E-state index contributed by atoms with van der Waals surface area (Å²) in [5, 5.41) is 15.0. The minimum absolute atomic E-state index is 0.505. The fourth-order valence-corrected chi connectivity index (χ4v) is 4.03. The summed E-state index contributed by atoms with van der Waals surface area (Å²) in [7, 11) is 0. The summed E-state index contributed by atoms with van der Waals surface area (Å²) in [5.41, 5.74) is 8.37. The average Bonchev–Trinajstić information content (AvgIpc) is 2.91. The minimum Gasteiger partial charge on any atom is -0.379 e. The first-order chi connectivity index (χ1) is 16.8. The Labute approximate surface area is 198 Å². The van der Waals surface area contributed by atoms with Crippen molar-refractivity contribution in [3.8, 4) is 17.3 Å². The van der Waals surface area contributed by atoms with E-state index in [0.29, 0.717) is 24.7 Å². The van der Waals surface area contributed by atoms with Crippen LogP contribution in [0, 0.1) is 11.3 Å². The van der Waals surface area contributed by atoms with Crippen molar-refractivity contribution in [1.82, 2.24) is 15.0 Å². The van der Waals surface area contributed by atoms with E-state index in [1.54, 1.807) is 6.20 Å². The third-order valence-electron chi connectivity index (χ3n) is 5.88. The summed E-state index contributed by atoms with van der Waals surface area (Å²) in [6, 6.07) is 18.1. The first kappa shape index (κ1) is 22.1. The molecule has 0 radical (unpaired) electrons. The fourth-order valence-electron chi connectivity index (χ4n) is 4.03. The zero-order valence-corrected chi connectivity index (χ0v) is 18.9. The van der Waals surface area contributed by atoms with E-state index in [0.717, 1.165) is 62.0 Å². The SMILES string of the molecule is N#Cc1cc(-c2ccnc(Nc3ccc(N4CCOCC4)cc3)n2)ccc1NN1CCOCC1. The lowest BCUT2D eigenvalue weighted by Gasteiger charge is -2.28. The number of nitrogens with one attached hydrogen (secondary N) is 2.